The second-order valence-corrected chi connectivity index (χ2v) is 4.00. The van der Waals surface area contributed by atoms with Crippen LogP contribution in [-0.4, -0.2) is 21.5 Å². The van der Waals surface area contributed by atoms with Crippen LogP contribution in [0.25, 0.3) is 5.69 Å². The predicted octanol–water partition coefficient (Wildman–Crippen LogP) is 2.17. The first-order valence-electron chi connectivity index (χ1n) is 5.27. The highest BCUT2D eigenvalue weighted by Crippen LogP contribution is 2.16. The Balaban J connectivity index is 2.24. The van der Waals surface area contributed by atoms with Crippen molar-refractivity contribution in [1.82, 2.24) is 20.3 Å². The normalized spacial score (nSPS) is 10.8. The zero-order valence-electron chi connectivity index (χ0n) is 9.32. The summed E-state index contributed by atoms with van der Waals surface area (Å²) in [6.07, 6.45) is 1.74. The molecule has 0 saturated heterocycles. The molecule has 0 aliphatic carbocycles. The lowest BCUT2D eigenvalue weighted by Crippen LogP contribution is -2.11. The van der Waals surface area contributed by atoms with E-state index in [1.54, 1.807) is 12.3 Å². The number of hydrogen-bond acceptors (Lipinski definition) is 3. The van der Waals surface area contributed by atoms with E-state index in [-0.39, 0.29) is 0 Å². The molecular weight excluding hydrogens is 243 g/mol. The Morgan fingerprint density at radius 1 is 1.41 bits per heavy atom. The van der Waals surface area contributed by atoms with Crippen LogP contribution >= 0.6 is 11.6 Å². The van der Waals surface area contributed by atoms with Crippen molar-refractivity contribution in [2.75, 3.05) is 6.54 Å². The molecule has 2 rings (SSSR count). The average Bonchev–Trinajstić information content (AvgIpc) is 2.73. The van der Waals surface area contributed by atoms with E-state index < -0.39 is 5.82 Å². The molecule has 1 N–H and O–H groups in total. The predicted molar refractivity (Wildman–Crippen MR) is 63.7 cm³/mol. The summed E-state index contributed by atoms with van der Waals surface area (Å²) in [5.41, 5.74) is 1.36. The van der Waals surface area contributed by atoms with Gasteiger partial charge in [0, 0.05) is 11.6 Å². The van der Waals surface area contributed by atoms with Crippen LogP contribution < -0.4 is 5.32 Å². The van der Waals surface area contributed by atoms with E-state index in [4.69, 9.17) is 11.6 Å². The summed E-state index contributed by atoms with van der Waals surface area (Å²) in [5, 5.41) is 11.4. The van der Waals surface area contributed by atoms with E-state index in [1.807, 2.05) is 6.92 Å². The Bertz CT molecular complexity index is 492. The third kappa shape index (κ3) is 3.01. The van der Waals surface area contributed by atoms with Gasteiger partial charge in [0.05, 0.1) is 17.6 Å². The molecule has 0 spiro atoms. The smallest absolute Gasteiger partial charge is 0.126 e. The molecule has 1 aromatic carbocycles. The van der Waals surface area contributed by atoms with Crippen LogP contribution in [0.2, 0.25) is 5.02 Å². The van der Waals surface area contributed by atoms with Gasteiger partial charge in [-0.3, -0.25) is 0 Å². The first-order chi connectivity index (χ1) is 8.19. The Hall–Kier alpha value is -1.46. The zero-order valence-corrected chi connectivity index (χ0v) is 10.1. The summed E-state index contributed by atoms with van der Waals surface area (Å²) < 4.78 is 14.7. The maximum atomic E-state index is 13.2. The molecule has 2 aromatic rings. The van der Waals surface area contributed by atoms with Gasteiger partial charge in [0.25, 0.3) is 0 Å². The van der Waals surface area contributed by atoms with Crippen molar-refractivity contribution < 1.29 is 4.39 Å². The van der Waals surface area contributed by atoms with Gasteiger partial charge < -0.3 is 5.32 Å². The summed E-state index contributed by atoms with van der Waals surface area (Å²) in [6.45, 7) is 3.51. The number of halogens is 2. The van der Waals surface area contributed by atoms with Crippen molar-refractivity contribution in [1.29, 1.82) is 0 Å². The third-order valence-electron chi connectivity index (χ3n) is 2.21. The lowest BCUT2D eigenvalue weighted by Gasteiger charge is -2.00. The molecule has 0 amide bonds. The SMILES string of the molecule is CCNCc1cn(-c2cc(F)cc(Cl)c2)nn1. The molecule has 0 saturated carbocycles. The lowest BCUT2D eigenvalue weighted by atomic mass is 10.3. The van der Waals surface area contributed by atoms with Crippen molar-refractivity contribution in [3.8, 4) is 5.69 Å². The number of hydrogen-bond donors (Lipinski definition) is 1. The van der Waals surface area contributed by atoms with Gasteiger partial charge in [0.1, 0.15) is 5.82 Å². The van der Waals surface area contributed by atoms with Crippen LogP contribution in [0.15, 0.2) is 24.4 Å². The molecule has 17 heavy (non-hydrogen) atoms. The summed E-state index contributed by atoms with van der Waals surface area (Å²) in [4.78, 5) is 0. The van der Waals surface area contributed by atoms with E-state index in [1.165, 1.54) is 16.8 Å². The van der Waals surface area contributed by atoms with Crippen molar-refractivity contribution in [3.05, 3.63) is 40.9 Å². The van der Waals surface area contributed by atoms with Gasteiger partial charge in [-0.05, 0) is 24.7 Å². The number of benzene rings is 1. The van der Waals surface area contributed by atoms with Crippen LogP contribution in [0, 0.1) is 5.82 Å². The molecule has 0 fully saturated rings. The number of nitrogens with zero attached hydrogens (tertiary/aromatic N) is 3. The Morgan fingerprint density at radius 2 is 2.24 bits per heavy atom. The molecule has 0 bridgehead atoms. The molecule has 1 heterocycles. The fourth-order valence-corrected chi connectivity index (χ4v) is 1.65. The third-order valence-corrected chi connectivity index (χ3v) is 2.43. The van der Waals surface area contributed by atoms with E-state index in [2.05, 4.69) is 15.6 Å². The number of aromatic nitrogens is 3. The van der Waals surface area contributed by atoms with E-state index in [0.29, 0.717) is 17.3 Å². The maximum absolute atomic E-state index is 13.2. The highest BCUT2D eigenvalue weighted by atomic mass is 35.5. The largest absolute Gasteiger partial charge is 0.311 e. The summed E-state index contributed by atoms with van der Waals surface area (Å²) in [6, 6.07) is 4.25. The van der Waals surface area contributed by atoms with Crippen molar-refractivity contribution in [3.63, 3.8) is 0 Å². The first kappa shape index (κ1) is 12.0. The fourth-order valence-electron chi connectivity index (χ4n) is 1.43. The highest BCUT2D eigenvalue weighted by Gasteiger charge is 2.05. The lowest BCUT2D eigenvalue weighted by molar-refractivity contribution is 0.625. The first-order valence-corrected chi connectivity index (χ1v) is 5.65. The number of rotatable bonds is 4. The summed E-state index contributed by atoms with van der Waals surface area (Å²) in [5.74, 6) is -0.392. The minimum atomic E-state index is -0.392. The molecule has 0 atom stereocenters. The maximum Gasteiger partial charge on any atom is 0.126 e. The van der Waals surface area contributed by atoms with Crippen molar-refractivity contribution >= 4 is 11.6 Å². The van der Waals surface area contributed by atoms with Gasteiger partial charge in [0.15, 0.2) is 0 Å². The Labute approximate surface area is 103 Å². The summed E-state index contributed by atoms with van der Waals surface area (Å²) in [7, 11) is 0. The van der Waals surface area contributed by atoms with Gasteiger partial charge >= 0.3 is 0 Å². The van der Waals surface area contributed by atoms with Crippen molar-refractivity contribution in [2.24, 2.45) is 0 Å². The molecule has 0 unspecified atom stereocenters. The molecule has 4 nitrogen and oxygen atoms in total. The van der Waals surface area contributed by atoms with E-state index in [0.717, 1.165) is 12.2 Å². The second kappa shape index (κ2) is 5.25. The summed E-state index contributed by atoms with van der Waals surface area (Å²) >= 11 is 5.78. The highest BCUT2D eigenvalue weighted by molar-refractivity contribution is 6.30. The van der Waals surface area contributed by atoms with Gasteiger partial charge in [-0.15, -0.1) is 5.10 Å². The van der Waals surface area contributed by atoms with Crippen molar-refractivity contribution in [2.45, 2.75) is 13.5 Å². The standard InChI is InChI=1S/C11H12ClFN4/c1-2-14-6-10-7-17(16-15-10)11-4-8(12)3-9(13)5-11/h3-5,7,14H,2,6H2,1H3. The van der Waals surface area contributed by atoms with Crippen LogP contribution in [0.4, 0.5) is 4.39 Å². The van der Waals surface area contributed by atoms with Crippen LogP contribution in [0.1, 0.15) is 12.6 Å². The van der Waals surface area contributed by atoms with Crippen LogP contribution in [-0.2, 0) is 6.54 Å². The molecule has 0 aliphatic heterocycles. The Kier molecular flexibility index (Phi) is 3.71. The Morgan fingerprint density at radius 3 is 2.94 bits per heavy atom. The molecule has 6 heteroatoms. The van der Waals surface area contributed by atoms with Crippen LogP contribution in [0.5, 0.6) is 0 Å². The monoisotopic (exact) mass is 254 g/mol. The number of nitrogens with one attached hydrogen (secondary N) is 1. The molecule has 0 aliphatic rings. The minimum Gasteiger partial charge on any atom is -0.311 e. The molecular formula is C11H12ClFN4. The van der Waals surface area contributed by atoms with E-state index in [9.17, 15) is 4.39 Å². The molecule has 0 radical (unpaired) electrons. The average molecular weight is 255 g/mol. The fraction of sp³-hybridized carbons (Fsp3) is 0.273. The van der Waals surface area contributed by atoms with Gasteiger partial charge in [-0.1, -0.05) is 23.7 Å². The van der Waals surface area contributed by atoms with Gasteiger partial charge in [-0.25, -0.2) is 9.07 Å². The second-order valence-electron chi connectivity index (χ2n) is 3.56. The topological polar surface area (TPSA) is 42.7 Å². The minimum absolute atomic E-state index is 0.337. The van der Waals surface area contributed by atoms with Gasteiger partial charge in [0.2, 0.25) is 0 Å². The van der Waals surface area contributed by atoms with Crippen LogP contribution in [0.3, 0.4) is 0 Å². The quantitative estimate of drug-likeness (QED) is 0.909. The van der Waals surface area contributed by atoms with E-state index >= 15 is 0 Å². The van der Waals surface area contributed by atoms with Gasteiger partial charge in [-0.2, -0.15) is 0 Å². The zero-order chi connectivity index (χ0) is 12.3. The molecule has 1 aromatic heterocycles. The molecule has 90 valence electrons.